The van der Waals surface area contributed by atoms with Gasteiger partial charge in [0.05, 0.1) is 12.2 Å². The molecule has 16 atom stereocenters. The molecule has 4 heteroatoms. The lowest BCUT2D eigenvalue weighted by Gasteiger charge is -2.58. The summed E-state index contributed by atoms with van der Waals surface area (Å²) >= 11 is 0. The second-order valence-electron chi connectivity index (χ2n) is 20.4. The van der Waals surface area contributed by atoms with Crippen LogP contribution in [0.1, 0.15) is 151 Å². The van der Waals surface area contributed by atoms with E-state index >= 15 is 0 Å². The average Bonchev–Trinajstić information content (AvgIpc) is 3.62. The van der Waals surface area contributed by atoms with Crippen molar-refractivity contribution < 1.29 is 20.1 Å². The van der Waals surface area contributed by atoms with Crippen molar-refractivity contribution in [3.05, 3.63) is 36.0 Å². The molecule has 0 aromatic carbocycles. The van der Waals surface area contributed by atoms with Gasteiger partial charge in [0.25, 0.3) is 0 Å². The summed E-state index contributed by atoms with van der Waals surface area (Å²) in [4.78, 5) is 11.3. The zero-order chi connectivity index (χ0) is 35.8. The van der Waals surface area contributed by atoms with Crippen LogP contribution >= 0.6 is 0 Å². The van der Waals surface area contributed by atoms with Crippen LogP contribution in [0.3, 0.4) is 0 Å². The maximum absolute atomic E-state index is 11.3. The fourth-order valence-corrected chi connectivity index (χ4v) is 15.7. The number of aliphatic hydroxyl groups is 2. The van der Waals surface area contributed by atoms with E-state index in [9.17, 15) is 20.1 Å². The molecule has 50 heavy (non-hydrogen) atoms. The van der Waals surface area contributed by atoms with Crippen LogP contribution in [0.25, 0.3) is 0 Å². The lowest BCUT2D eigenvalue weighted by molar-refractivity contribution is -0.139. The van der Waals surface area contributed by atoms with Gasteiger partial charge in [-0.05, 0) is 184 Å². The molecule has 0 aliphatic heterocycles. The number of aliphatic carboxylic acids is 1. The predicted octanol–water partition coefficient (Wildman–Crippen LogP) is 10.8. The molecule has 0 heterocycles. The van der Waals surface area contributed by atoms with Crippen molar-refractivity contribution in [2.75, 3.05) is 0 Å². The van der Waals surface area contributed by atoms with Crippen LogP contribution in [0.2, 0.25) is 0 Å². The summed E-state index contributed by atoms with van der Waals surface area (Å²) in [5, 5.41) is 29.5. The summed E-state index contributed by atoms with van der Waals surface area (Å²) in [5.41, 5.74) is 4.67. The molecule has 6 saturated carbocycles. The van der Waals surface area contributed by atoms with E-state index in [1.165, 1.54) is 76.2 Å². The second-order valence-corrected chi connectivity index (χ2v) is 20.4. The van der Waals surface area contributed by atoms with Gasteiger partial charge in [0.2, 0.25) is 0 Å². The Balaban J connectivity index is 0.000000157. The first-order chi connectivity index (χ1) is 23.7. The Morgan fingerprint density at radius 2 is 1.18 bits per heavy atom. The topological polar surface area (TPSA) is 77.8 Å². The van der Waals surface area contributed by atoms with E-state index in [1.807, 2.05) is 0 Å². The first-order valence-electron chi connectivity index (χ1n) is 21.2. The Morgan fingerprint density at radius 3 is 1.64 bits per heavy atom. The van der Waals surface area contributed by atoms with E-state index in [2.05, 4.69) is 66.3 Å². The van der Waals surface area contributed by atoms with E-state index in [4.69, 9.17) is 0 Å². The molecule has 0 radical (unpaired) electrons. The molecular weight excluding hydrogens is 617 g/mol. The highest BCUT2D eigenvalue weighted by molar-refractivity contribution is 5.67. The van der Waals surface area contributed by atoms with E-state index in [-0.39, 0.29) is 18.1 Å². The standard InChI is InChI=1S/C23H36O3.C23H36O/c1-14(12-21(25)26)18-6-7-19-17-5-4-15-13-16(24)8-10-22(15,2)20(17)9-11-23(18,19)3;1-5-15(2)19-8-9-20-18-7-6-16-14-17(24)10-12-22(16,3)21(18)11-13-23(19,20)4/h4,14,16-20,24H,5-13H2,1-3H3,(H,25,26);5-6,15,17-21,24H,1,7-14H2,2-4H3/t14-,16?,17?,18-,19?,20?,22+,23-;15-,17+,18?,19-,20?,21?,22+,23-/m11/s1. The SMILES string of the molecule is C=C[C@@H](C)[C@H]1CCC2C3CC=C4C[C@@H](O)CC[C@]4(C)C3CC[C@@]21C.C[C@H](CC(=O)O)[C@H]1CCC2C3CC=C4CC(O)CC[C@]4(C)C3CC[C@@]21C. The van der Waals surface area contributed by atoms with Crippen LogP contribution in [0, 0.1) is 80.8 Å². The van der Waals surface area contributed by atoms with Crippen LogP contribution in [-0.2, 0) is 4.79 Å². The summed E-state index contributed by atoms with van der Waals surface area (Å²) in [7, 11) is 0. The van der Waals surface area contributed by atoms with Gasteiger partial charge < -0.3 is 15.3 Å². The highest BCUT2D eigenvalue weighted by Gasteiger charge is 2.60. The highest BCUT2D eigenvalue weighted by Crippen LogP contribution is 2.69. The second kappa shape index (κ2) is 13.5. The van der Waals surface area contributed by atoms with Gasteiger partial charge in [-0.25, -0.2) is 0 Å². The molecule has 280 valence electrons. The van der Waals surface area contributed by atoms with Crippen LogP contribution in [0.15, 0.2) is 36.0 Å². The van der Waals surface area contributed by atoms with Crippen molar-refractivity contribution in [3.8, 4) is 0 Å². The Bertz CT molecular complexity index is 1360. The quantitative estimate of drug-likeness (QED) is 0.251. The van der Waals surface area contributed by atoms with Crippen LogP contribution in [-0.4, -0.2) is 33.5 Å². The van der Waals surface area contributed by atoms with E-state index in [1.54, 1.807) is 5.57 Å². The third kappa shape index (κ3) is 5.86. The summed E-state index contributed by atoms with van der Waals surface area (Å²) < 4.78 is 0. The van der Waals surface area contributed by atoms with Gasteiger partial charge in [-0.3, -0.25) is 4.79 Å². The summed E-state index contributed by atoms with van der Waals surface area (Å²) in [6.45, 7) is 18.7. The number of allylic oxidation sites excluding steroid dienone is 3. The monoisotopic (exact) mass is 689 g/mol. The fraction of sp³-hybridized carbons (Fsp3) is 0.848. The molecular formula is C46H72O4. The van der Waals surface area contributed by atoms with Crippen molar-refractivity contribution in [2.24, 2.45) is 80.8 Å². The summed E-state index contributed by atoms with van der Waals surface area (Å²) in [5.74, 6) is 6.65. The zero-order valence-corrected chi connectivity index (χ0v) is 32.6. The number of hydrogen-bond donors (Lipinski definition) is 3. The maximum Gasteiger partial charge on any atom is 0.303 e. The molecule has 8 aliphatic rings. The summed E-state index contributed by atoms with van der Waals surface area (Å²) in [6.07, 6.45) is 26.7. The van der Waals surface area contributed by atoms with E-state index in [0.717, 1.165) is 73.5 Å². The van der Waals surface area contributed by atoms with Gasteiger partial charge in [-0.1, -0.05) is 70.9 Å². The van der Waals surface area contributed by atoms with Gasteiger partial charge in [-0.2, -0.15) is 0 Å². The largest absolute Gasteiger partial charge is 0.481 e. The lowest BCUT2D eigenvalue weighted by Crippen LogP contribution is -2.50. The fourth-order valence-electron chi connectivity index (χ4n) is 15.7. The molecule has 7 unspecified atom stereocenters. The molecule has 0 amide bonds. The van der Waals surface area contributed by atoms with Crippen LogP contribution < -0.4 is 0 Å². The minimum Gasteiger partial charge on any atom is -0.481 e. The minimum atomic E-state index is -0.642. The Labute approximate surface area is 305 Å². The van der Waals surface area contributed by atoms with Gasteiger partial charge in [0.15, 0.2) is 0 Å². The molecule has 0 aromatic rings. The van der Waals surface area contributed by atoms with Gasteiger partial charge in [0.1, 0.15) is 0 Å². The number of carboxylic acid groups (broad SMARTS) is 1. The molecule has 3 N–H and O–H groups in total. The number of fused-ring (bicyclic) bond motifs is 10. The number of carboxylic acids is 1. The molecule has 6 fully saturated rings. The molecule has 8 rings (SSSR count). The van der Waals surface area contributed by atoms with Gasteiger partial charge in [-0.15, -0.1) is 6.58 Å². The number of carbonyl (C=O) groups is 1. The molecule has 8 aliphatic carbocycles. The lowest BCUT2D eigenvalue weighted by atomic mass is 9.47. The van der Waals surface area contributed by atoms with Crippen LogP contribution in [0.5, 0.6) is 0 Å². The number of aliphatic hydroxyl groups excluding tert-OH is 2. The van der Waals surface area contributed by atoms with Crippen LogP contribution in [0.4, 0.5) is 0 Å². The normalized spacial score (nSPS) is 50.2. The molecule has 0 bridgehead atoms. The Morgan fingerprint density at radius 1 is 0.720 bits per heavy atom. The third-order valence-electron chi connectivity index (χ3n) is 18.5. The van der Waals surface area contributed by atoms with Crippen molar-refractivity contribution in [1.82, 2.24) is 0 Å². The molecule has 0 aromatic heterocycles. The van der Waals surface area contributed by atoms with Crippen molar-refractivity contribution in [2.45, 2.75) is 163 Å². The first-order valence-corrected chi connectivity index (χ1v) is 21.2. The number of rotatable bonds is 5. The Hall–Kier alpha value is -1.39. The maximum atomic E-state index is 11.3. The smallest absolute Gasteiger partial charge is 0.303 e. The zero-order valence-electron chi connectivity index (χ0n) is 32.6. The highest BCUT2D eigenvalue weighted by atomic mass is 16.4. The van der Waals surface area contributed by atoms with Gasteiger partial charge in [0, 0.05) is 6.42 Å². The molecule has 0 spiro atoms. The van der Waals surface area contributed by atoms with E-state index in [0.29, 0.717) is 39.9 Å². The third-order valence-corrected chi connectivity index (χ3v) is 18.5. The minimum absolute atomic E-state index is 0.0842. The Kier molecular flexibility index (Phi) is 9.96. The van der Waals surface area contributed by atoms with Crippen molar-refractivity contribution in [3.63, 3.8) is 0 Å². The van der Waals surface area contributed by atoms with Gasteiger partial charge >= 0.3 is 5.97 Å². The predicted molar refractivity (Wildman–Crippen MR) is 203 cm³/mol. The average molecular weight is 689 g/mol. The van der Waals surface area contributed by atoms with E-state index < -0.39 is 5.97 Å². The van der Waals surface area contributed by atoms with Crippen molar-refractivity contribution in [1.29, 1.82) is 0 Å². The van der Waals surface area contributed by atoms with Crippen molar-refractivity contribution >= 4 is 5.97 Å². The first kappa shape index (κ1) is 36.9. The number of hydrogen-bond acceptors (Lipinski definition) is 3. The molecule has 0 saturated heterocycles. The molecule has 4 nitrogen and oxygen atoms in total. The summed E-state index contributed by atoms with van der Waals surface area (Å²) in [6, 6.07) is 0.